The van der Waals surface area contributed by atoms with Crippen LogP contribution in [0.3, 0.4) is 0 Å². The number of rotatable bonds is 7. The van der Waals surface area contributed by atoms with Crippen molar-refractivity contribution in [3.63, 3.8) is 0 Å². The van der Waals surface area contributed by atoms with E-state index in [1.165, 1.54) is 11.1 Å². The average molecular weight is 516 g/mol. The molecule has 2 aliphatic rings. The van der Waals surface area contributed by atoms with Gasteiger partial charge in [-0.05, 0) is 66.1 Å². The van der Waals surface area contributed by atoms with Crippen molar-refractivity contribution >= 4 is 17.7 Å². The van der Waals surface area contributed by atoms with Gasteiger partial charge < -0.3 is 4.90 Å². The Hall–Kier alpha value is -4.58. The second-order valence-electron chi connectivity index (χ2n) is 10.2. The van der Waals surface area contributed by atoms with Crippen LogP contribution in [0.15, 0.2) is 103 Å². The van der Waals surface area contributed by atoms with E-state index in [-0.39, 0.29) is 31.0 Å². The molecule has 39 heavy (non-hydrogen) atoms. The second kappa shape index (κ2) is 10.7. The summed E-state index contributed by atoms with van der Waals surface area (Å²) in [5.41, 5.74) is 5.02. The van der Waals surface area contributed by atoms with E-state index in [2.05, 4.69) is 29.2 Å². The van der Waals surface area contributed by atoms with E-state index in [0.29, 0.717) is 11.1 Å². The average Bonchev–Trinajstić information content (AvgIpc) is 3.22. The third-order valence-electron chi connectivity index (χ3n) is 7.83. The molecular weight excluding hydrogens is 486 g/mol. The summed E-state index contributed by atoms with van der Waals surface area (Å²) < 4.78 is 0. The fourth-order valence-corrected chi connectivity index (χ4v) is 5.97. The predicted molar refractivity (Wildman–Crippen MR) is 148 cm³/mol. The standard InChI is InChI=1S/C33H29N3O3/c37-30(22-36-32(38)28-15-6-7-16-29(28)33(36)39)35(21-26-13-8-9-19-34-26)31-25(20-23-10-2-1-3-11-23)18-17-24-12-4-5-14-27(24)31/h1-16,19,25,31H,17-18,20-22H2/t25-,31-/m0/s1. The number of carbonyl (C=O) groups is 3. The summed E-state index contributed by atoms with van der Waals surface area (Å²) in [5, 5.41) is 0. The van der Waals surface area contributed by atoms with Crippen LogP contribution in [-0.2, 0) is 24.2 Å². The van der Waals surface area contributed by atoms with Gasteiger partial charge >= 0.3 is 0 Å². The second-order valence-corrected chi connectivity index (χ2v) is 10.2. The highest BCUT2D eigenvalue weighted by molar-refractivity contribution is 6.22. The summed E-state index contributed by atoms with van der Waals surface area (Å²) in [7, 11) is 0. The van der Waals surface area contributed by atoms with E-state index in [0.717, 1.165) is 35.4 Å². The number of hydrogen-bond donors (Lipinski definition) is 0. The molecule has 194 valence electrons. The van der Waals surface area contributed by atoms with Gasteiger partial charge in [-0.25, -0.2) is 0 Å². The molecule has 0 unspecified atom stereocenters. The first-order valence-electron chi connectivity index (χ1n) is 13.4. The van der Waals surface area contributed by atoms with E-state index in [1.807, 2.05) is 53.4 Å². The summed E-state index contributed by atoms with van der Waals surface area (Å²) in [6.45, 7) is -0.0248. The van der Waals surface area contributed by atoms with Gasteiger partial charge in [0.1, 0.15) is 6.54 Å². The van der Waals surface area contributed by atoms with Gasteiger partial charge in [0.05, 0.1) is 29.4 Å². The Morgan fingerprint density at radius 3 is 2.21 bits per heavy atom. The maximum Gasteiger partial charge on any atom is 0.262 e. The maximum absolute atomic E-state index is 14.2. The lowest BCUT2D eigenvalue weighted by atomic mass is 9.76. The first-order valence-corrected chi connectivity index (χ1v) is 13.4. The molecule has 3 amide bonds. The third kappa shape index (κ3) is 4.86. The van der Waals surface area contributed by atoms with E-state index < -0.39 is 11.8 Å². The number of fused-ring (bicyclic) bond motifs is 2. The molecule has 0 saturated carbocycles. The van der Waals surface area contributed by atoms with Crippen LogP contribution in [0.2, 0.25) is 0 Å². The molecule has 2 atom stereocenters. The first kappa shape index (κ1) is 24.7. The van der Waals surface area contributed by atoms with Crippen LogP contribution >= 0.6 is 0 Å². The fraction of sp³-hybridized carbons (Fsp3) is 0.212. The van der Waals surface area contributed by atoms with Crippen molar-refractivity contribution in [2.75, 3.05) is 6.54 Å². The minimum Gasteiger partial charge on any atom is -0.328 e. The van der Waals surface area contributed by atoms with Gasteiger partial charge in [0.2, 0.25) is 5.91 Å². The summed E-state index contributed by atoms with van der Waals surface area (Å²) in [4.78, 5) is 47.9. The maximum atomic E-state index is 14.2. The number of aryl methyl sites for hydroxylation is 1. The highest BCUT2D eigenvalue weighted by Crippen LogP contribution is 2.41. The zero-order valence-corrected chi connectivity index (χ0v) is 21.6. The molecule has 0 spiro atoms. The lowest BCUT2D eigenvalue weighted by Crippen LogP contribution is -2.47. The molecular formula is C33H29N3O3. The Morgan fingerprint density at radius 2 is 1.49 bits per heavy atom. The van der Waals surface area contributed by atoms with E-state index in [9.17, 15) is 14.4 Å². The van der Waals surface area contributed by atoms with Gasteiger partial charge in [0, 0.05) is 6.20 Å². The molecule has 6 rings (SSSR count). The van der Waals surface area contributed by atoms with Crippen LogP contribution < -0.4 is 0 Å². The quantitative estimate of drug-likeness (QED) is 0.315. The number of carbonyl (C=O) groups excluding carboxylic acids is 3. The Kier molecular flexibility index (Phi) is 6.76. The number of hydrogen-bond acceptors (Lipinski definition) is 4. The smallest absolute Gasteiger partial charge is 0.262 e. The van der Waals surface area contributed by atoms with Crippen molar-refractivity contribution in [3.8, 4) is 0 Å². The predicted octanol–water partition coefficient (Wildman–Crippen LogP) is 5.25. The van der Waals surface area contributed by atoms with Crippen LogP contribution in [0.1, 0.15) is 55.6 Å². The Balaban J connectivity index is 1.38. The zero-order valence-electron chi connectivity index (χ0n) is 21.6. The molecule has 6 nitrogen and oxygen atoms in total. The molecule has 1 aliphatic carbocycles. The van der Waals surface area contributed by atoms with Crippen LogP contribution in [0.4, 0.5) is 0 Å². The molecule has 3 aromatic carbocycles. The molecule has 4 aromatic rings. The van der Waals surface area contributed by atoms with Crippen molar-refractivity contribution in [2.24, 2.45) is 5.92 Å². The summed E-state index contributed by atoms with van der Waals surface area (Å²) in [5.74, 6) is -0.953. The molecule has 0 N–H and O–H groups in total. The van der Waals surface area contributed by atoms with Gasteiger partial charge in [-0.15, -0.1) is 0 Å². The molecule has 1 aliphatic heterocycles. The number of benzene rings is 3. The number of imide groups is 1. The van der Waals surface area contributed by atoms with Gasteiger partial charge in [0.25, 0.3) is 11.8 Å². The molecule has 0 fully saturated rings. The Morgan fingerprint density at radius 1 is 0.821 bits per heavy atom. The van der Waals surface area contributed by atoms with Crippen molar-refractivity contribution in [3.05, 3.63) is 137 Å². The van der Waals surface area contributed by atoms with Gasteiger partial charge in [-0.3, -0.25) is 24.3 Å². The number of nitrogens with zero attached hydrogens (tertiary/aromatic N) is 3. The van der Waals surface area contributed by atoms with E-state index >= 15 is 0 Å². The zero-order chi connectivity index (χ0) is 26.8. The third-order valence-corrected chi connectivity index (χ3v) is 7.83. The summed E-state index contributed by atoms with van der Waals surface area (Å²) in [6.07, 6.45) is 4.40. The van der Waals surface area contributed by atoms with Crippen LogP contribution in [0.25, 0.3) is 0 Å². The lowest BCUT2D eigenvalue weighted by molar-refractivity contribution is -0.136. The molecule has 0 bridgehead atoms. The highest BCUT2D eigenvalue weighted by Gasteiger charge is 2.41. The van der Waals surface area contributed by atoms with Crippen molar-refractivity contribution in [1.82, 2.24) is 14.8 Å². The number of pyridine rings is 1. The molecule has 6 heteroatoms. The highest BCUT2D eigenvalue weighted by atomic mass is 16.2. The van der Waals surface area contributed by atoms with E-state index in [4.69, 9.17) is 0 Å². The van der Waals surface area contributed by atoms with Crippen LogP contribution in [-0.4, -0.2) is 39.1 Å². The Bertz CT molecular complexity index is 1480. The minimum atomic E-state index is -0.424. The van der Waals surface area contributed by atoms with Crippen molar-refractivity contribution in [2.45, 2.75) is 31.8 Å². The first-order chi connectivity index (χ1) is 19.1. The van der Waals surface area contributed by atoms with Crippen molar-refractivity contribution in [1.29, 1.82) is 0 Å². The lowest BCUT2D eigenvalue weighted by Gasteiger charge is -2.42. The number of amides is 3. The molecule has 0 radical (unpaired) electrons. The monoisotopic (exact) mass is 515 g/mol. The summed E-state index contributed by atoms with van der Waals surface area (Å²) >= 11 is 0. The van der Waals surface area contributed by atoms with Crippen molar-refractivity contribution < 1.29 is 14.4 Å². The Labute approximate surface area is 227 Å². The summed E-state index contributed by atoms with van der Waals surface area (Å²) in [6, 6.07) is 30.8. The molecule has 1 aromatic heterocycles. The topological polar surface area (TPSA) is 70.6 Å². The number of aromatic nitrogens is 1. The van der Waals surface area contributed by atoms with Crippen LogP contribution in [0, 0.1) is 5.92 Å². The molecule has 2 heterocycles. The van der Waals surface area contributed by atoms with E-state index in [1.54, 1.807) is 30.5 Å². The van der Waals surface area contributed by atoms with Gasteiger partial charge in [-0.1, -0.05) is 72.8 Å². The largest absolute Gasteiger partial charge is 0.328 e. The SMILES string of the molecule is O=C1c2ccccc2C(=O)N1CC(=O)N(Cc1ccccn1)[C@@H]1c2ccccc2CC[C@H]1Cc1ccccc1. The molecule has 0 saturated heterocycles. The van der Waals surface area contributed by atoms with Gasteiger partial charge in [0.15, 0.2) is 0 Å². The van der Waals surface area contributed by atoms with Crippen LogP contribution in [0.5, 0.6) is 0 Å². The minimum absolute atomic E-state index is 0.164. The van der Waals surface area contributed by atoms with Gasteiger partial charge in [-0.2, -0.15) is 0 Å². The fourth-order valence-electron chi connectivity index (χ4n) is 5.97. The normalized spacial score (nSPS) is 18.0.